The fraction of sp³-hybridized carbons (Fsp3) is 0.636. The number of pyridine rings is 1. The van der Waals surface area contributed by atoms with Gasteiger partial charge in [-0.25, -0.2) is 19.4 Å². The monoisotopic (exact) mass is 633 g/mol. The number of methoxy groups -OCH3 is 1. The molecular weight excluding hydrogens is 605 g/mol. The van der Waals surface area contributed by atoms with Crippen LogP contribution in [0.4, 0.5) is 39.5 Å². The lowest BCUT2D eigenvalue weighted by Crippen LogP contribution is -2.46. The van der Waals surface area contributed by atoms with Gasteiger partial charge in [-0.2, -0.15) is 39.5 Å². The Bertz CT molecular complexity index is 950. The summed E-state index contributed by atoms with van der Waals surface area (Å²) in [5, 5.41) is 21.4. The molecule has 2 atom stereocenters. The first kappa shape index (κ1) is 38.6. The highest BCUT2D eigenvalue weighted by Crippen LogP contribution is 2.26. The lowest BCUT2D eigenvalue weighted by Gasteiger charge is -2.37. The van der Waals surface area contributed by atoms with Gasteiger partial charge in [-0.1, -0.05) is 6.07 Å². The van der Waals surface area contributed by atoms with E-state index in [9.17, 15) is 39.5 Å². The van der Waals surface area contributed by atoms with Gasteiger partial charge >= 0.3 is 36.4 Å². The quantitative estimate of drug-likeness (QED) is 0.422. The van der Waals surface area contributed by atoms with E-state index < -0.39 is 36.4 Å². The summed E-state index contributed by atoms with van der Waals surface area (Å²) in [6.07, 6.45) is -11.9. The van der Waals surface area contributed by atoms with Crippen LogP contribution < -0.4 is 4.74 Å². The van der Waals surface area contributed by atoms with E-state index in [2.05, 4.69) is 27.9 Å². The highest BCUT2D eigenvalue weighted by molar-refractivity contribution is 5.73. The van der Waals surface area contributed by atoms with Gasteiger partial charge in [0, 0.05) is 43.9 Å². The molecule has 0 amide bonds. The Morgan fingerprint density at radius 2 is 1.40 bits per heavy atom. The lowest BCUT2D eigenvalue weighted by molar-refractivity contribution is -0.193. The Morgan fingerprint density at radius 1 is 0.929 bits per heavy atom. The zero-order valence-corrected chi connectivity index (χ0v) is 22.0. The Kier molecular flexibility index (Phi) is 15.5. The maximum absolute atomic E-state index is 10.6. The van der Waals surface area contributed by atoms with E-state index in [1.165, 1.54) is 6.42 Å². The van der Waals surface area contributed by atoms with Gasteiger partial charge in [0.2, 0.25) is 5.88 Å². The number of hydrogen-bond donors (Lipinski definition) is 3. The summed E-state index contributed by atoms with van der Waals surface area (Å²) in [5.74, 6) is -6.86. The van der Waals surface area contributed by atoms with E-state index in [1.807, 2.05) is 6.07 Å². The fourth-order valence-electron chi connectivity index (χ4n) is 3.39. The third-order valence-corrected chi connectivity index (χ3v) is 5.30. The molecule has 42 heavy (non-hydrogen) atoms. The molecule has 0 unspecified atom stereocenters. The number of nitrogens with zero attached hydrogens (tertiary/aromatic N) is 3. The number of aliphatic carboxylic acids is 3. The Balaban J connectivity index is 0.000000660. The minimum Gasteiger partial charge on any atom is -0.481 e. The zero-order chi connectivity index (χ0) is 32.9. The molecule has 2 saturated heterocycles. The first-order valence-corrected chi connectivity index (χ1v) is 11.5. The molecule has 3 N–H and O–H groups in total. The van der Waals surface area contributed by atoms with E-state index in [1.54, 1.807) is 13.3 Å². The summed E-state index contributed by atoms with van der Waals surface area (Å²) in [6, 6.07) is 4.07. The number of carboxylic acid groups (broad SMARTS) is 3. The van der Waals surface area contributed by atoms with Crippen LogP contribution in [0.25, 0.3) is 0 Å². The maximum Gasteiger partial charge on any atom is 0.490 e. The van der Waals surface area contributed by atoms with Crippen LogP contribution in [-0.2, 0) is 25.7 Å². The summed E-state index contributed by atoms with van der Waals surface area (Å²) in [5.41, 5.74) is 1.16. The van der Waals surface area contributed by atoms with Crippen LogP contribution in [0.15, 0.2) is 18.3 Å². The van der Waals surface area contributed by atoms with Crippen LogP contribution in [0.5, 0.6) is 5.88 Å². The van der Waals surface area contributed by atoms with Gasteiger partial charge in [-0.15, -0.1) is 0 Å². The molecule has 2 aliphatic heterocycles. The molecule has 2 fully saturated rings. The molecule has 2 aliphatic rings. The molecule has 0 aliphatic carbocycles. The summed E-state index contributed by atoms with van der Waals surface area (Å²) < 4.78 is 107. The van der Waals surface area contributed by atoms with Crippen LogP contribution in [0.2, 0.25) is 0 Å². The molecule has 3 rings (SSSR count). The molecule has 1 aromatic heterocycles. The van der Waals surface area contributed by atoms with Crippen LogP contribution in [0.3, 0.4) is 0 Å². The summed E-state index contributed by atoms with van der Waals surface area (Å²) in [6.45, 7) is 6.08. The molecule has 0 radical (unpaired) electrons. The number of fused-ring (bicyclic) bond motifs is 1. The molecule has 3 heterocycles. The molecule has 1 aromatic rings. The zero-order valence-electron chi connectivity index (χ0n) is 22.0. The van der Waals surface area contributed by atoms with Crippen molar-refractivity contribution in [2.45, 2.75) is 37.6 Å². The smallest absolute Gasteiger partial charge is 0.481 e. The van der Waals surface area contributed by atoms with Gasteiger partial charge in [-0.05, 0) is 26.1 Å². The minimum absolute atomic E-state index is 0.367. The van der Waals surface area contributed by atoms with Crippen LogP contribution in [0, 0.1) is 5.92 Å². The molecule has 0 spiro atoms. The molecule has 11 nitrogen and oxygen atoms in total. The second-order valence-corrected chi connectivity index (χ2v) is 8.54. The number of piperidine rings is 1. The van der Waals surface area contributed by atoms with Gasteiger partial charge < -0.3 is 29.7 Å². The van der Waals surface area contributed by atoms with Crippen molar-refractivity contribution in [1.82, 2.24) is 14.8 Å². The number of halogens is 9. The standard InChI is InChI=1S/C16H25N3O2.3C2HF3O2/c1-18-8-9-21-15-12-19(7-5-13(15)10-18)11-14-4-3-6-17-16(14)20-2;3*3-2(4,5)1(6)7/h3-4,6,13,15H,5,7-12H2,1-2H3;3*(H,6,7)/t13-,15-;;;/m1.../s1. The van der Waals surface area contributed by atoms with E-state index in [4.69, 9.17) is 39.2 Å². The third-order valence-electron chi connectivity index (χ3n) is 5.30. The van der Waals surface area contributed by atoms with Crippen LogP contribution in [-0.4, -0.2) is 120 Å². The Hall–Kier alpha value is -3.39. The molecule has 242 valence electrons. The van der Waals surface area contributed by atoms with Crippen molar-refractivity contribution in [3.63, 3.8) is 0 Å². The molecule has 0 bridgehead atoms. The van der Waals surface area contributed by atoms with Gasteiger partial charge in [0.1, 0.15) is 0 Å². The van der Waals surface area contributed by atoms with Gasteiger partial charge in [0.15, 0.2) is 0 Å². The summed E-state index contributed by atoms with van der Waals surface area (Å²) in [4.78, 5) is 35.8. The Labute approximate surface area is 232 Å². The number of rotatable bonds is 3. The topological polar surface area (TPSA) is 150 Å². The van der Waals surface area contributed by atoms with Crippen LogP contribution >= 0.6 is 0 Å². The molecule has 20 heteroatoms. The van der Waals surface area contributed by atoms with Crippen molar-refractivity contribution in [2.75, 3.05) is 46.9 Å². The highest BCUT2D eigenvalue weighted by Gasteiger charge is 2.39. The number of carboxylic acids is 3. The normalized spacial score (nSPS) is 19.6. The lowest BCUT2D eigenvalue weighted by atomic mass is 9.93. The molecular formula is C22H28F9N3O8. The summed E-state index contributed by atoms with van der Waals surface area (Å²) >= 11 is 0. The average Bonchev–Trinajstić information content (AvgIpc) is 3.04. The number of hydrogen-bond acceptors (Lipinski definition) is 8. The predicted molar refractivity (Wildman–Crippen MR) is 122 cm³/mol. The predicted octanol–water partition coefficient (Wildman–Crippen LogP) is 3.14. The van der Waals surface area contributed by atoms with Crippen molar-refractivity contribution < 1.29 is 78.7 Å². The summed E-state index contributed by atoms with van der Waals surface area (Å²) in [7, 11) is 3.88. The number of alkyl halides is 9. The number of aromatic nitrogens is 1. The van der Waals surface area contributed by atoms with Gasteiger partial charge in [0.05, 0.1) is 19.8 Å². The molecule has 0 aromatic carbocycles. The van der Waals surface area contributed by atoms with E-state index in [0.717, 1.165) is 50.8 Å². The SMILES string of the molecule is COc1ncccc1CN1CC[C@@H]2CN(C)CCO[C@@H]2C1.O=C(O)C(F)(F)F.O=C(O)C(F)(F)F.O=C(O)C(F)(F)F. The van der Waals surface area contributed by atoms with Gasteiger partial charge in [-0.3, -0.25) is 4.90 Å². The largest absolute Gasteiger partial charge is 0.490 e. The van der Waals surface area contributed by atoms with Gasteiger partial charge in [0.25, 0.3) is 0 Å². The second kappa shape index (κ2) is 16.9. The minimum atomic E-state index is -5.08. The van der Waals surface area contributed by atoms with Crippen molar-refractivity contribution in [3.05, 3.63) is 23.9 Å². The maximum atomic E-state index is 10.6. The van der Waals surface area contributed by atoms with E-state index in [0.29, 0.717) is 12.0 Å². The van der Waals surface area contributed by atoms with Crippen molar-refractivity contribution >= 4 is 17.9 Å². The molecule has 0 saturated carbocycles. The van der Waals surface area contributed by atoms with Crippen molar-refractivity contribution in [3.8, 4) is 5.88 Å². The second-order valence-electron chi connectivity index (χ2n) is 8.54. The number of carbonyl (C=O) groups is 3. The average molecular weight is 633 g/mol. The third kappa shape index (κ3) is 15.6. The number of likely N-dealkylation sites (N-methyl/N-ethyl adjacent to an activating group) is 1. The first-order valence-electron chi connectivity index (χ1n) is 11.5. The van der Waals surface area contributed by atoms with Crippen LogP contribution in [0.1, 0.15) is 12.0 Å². The fourth-order valence-corrected chi connectivity index (χ4v) is 3.39. The van der Waals surface area contributed by atoms with E-state index >= 15 is 0 Å². The number of likely N-dealkylation sites (tertiary alicyclic amines) is 1. The van der Waals surface area contributed by atoms with E-state index in [-0.39, 0.29) is 0 Å². The van der Waals surface area contributed by atoms with Crippen molar-refractivity contribution in [1.29, 1.82) is 0 Å². The Morgan fingerprint density at radius 3 is 1.83 bits per heavy atom. The first-order chi connectivity index (χ1) is 19.1. The highest BCUT2D eigenvalue weighted by atomic mass is 19.4. The van der Waals surface area contributed by atoms with Crippen molar-refractivity contribution in [2.24, 2.45) is 5.92 Å². The number of ether oxygens (including phenoxy) is 2.